The number of halogens is 2. The molecule has 0 N–H and O–H groups in total. The third-order valence-electron chi connectivity index (χ3n) is 0.605. The molecular formula is C4H8BrClO. The Labute approximate surface area is 57.4 Å². The van der Waals surface area contributed by atoms with Crippen molar-refractivity contribution >= 4 is 27.9 Å². The van der Waals surface area contributed by atoms with Crippen molar-refractivity contribution in [3.8, 4) is 0 Å². The number of hydrogen-bond acceptors (Lipinski definition) is 1. The molecule has 0 aromatic heterocycles. The van der Waals surface area contributed by atoms with Crippen LogP contribution in [0.4, 0.5) is 0 Å². The van der Waals surface area contributed by atoms with Crippen LogP contribution in [-0.4, -0.2) is 12.5 Å². The average molecular weight is 187 g/mol. The summed E-state index contributed by atoms with van der Waals surface area (Å²) >= 11 is 8.20. The lowest BCUT2D eigenvalue weighted by Crippen LogP contribution is -1.83. The van der Waals surface area contributed by atoms with E-state index in [0.717, 1.165) is 25.3 Å². The van der Waals surface area contributed by atoms with Gasteiger partial charge in [-0.2, -0.15) is 0 Å². The van der Waals surface area contributed by atoms with E-state index < -0.39 is 0 Å². The molecule has 0 unspecified atom stereocenters. The van der Waals surface area contributed by atoms with Gasteiger partial charge in [0.15, 0.2) is 0 Å². The van der Waals surface area contributed by atoms with E-state index in [1.54, 1.807) is 0 Å². The molecule has 0 amide bonds. The monoisotopic (exact) mass is 186 g/mol. The Morgan fingerprint density at radius 3 is 2.57 bits per heavy atom. The molecular weight excluding hydrogens is 179 g/mol. The van der Waals surface area contributed by atoms with Crippen molar-refractivity contribution in [2.45, 2.75) is 12.8 Å². The Balaban J connectivity index is 2.45. The molecule has 0 rings (SSSR count). The SMILES string of the molecule is ClCCCCOBr. The molecule has 0 aliphatic heterocycles. The summed E-state index contributed by atoms with van der Waals surface area (Å²) in [7, 11) is 0. The van der Waals surface area contributed by atoms with Gasteiger partial charge in [0.2, 0.25) is 0 Å². The molecule has 3 heteroatoms. The Morgan fingerprint density at radius 1 is 1.43 bits per heavy atom. The van der Waals surface area contributed by atoms with Gasteiger partial charge in [-0.1, -0.05) is 0 Å². The van der Waals surface area contributed by atoms with Gasteiger partial charge in [0.25, 0.3) is 0 Å². The molecule has 0 fully saturated rings. The molecule has 1 nitrogen and oxygen atoms in total. The minimum absolute atomic E-state index is 0.733. The largest absolute Gasteiger partial charge is 0.308 e. The quantitative estimate of drug-likeness (QED) is 0.485. The van der Waals surface area contributed by atoms with Crippen LogP contribution in [0, 0.1) is 0 Å². The standard InChI is InChI=1S/C4H8BrClO/c5-7-4-2-1-3-6/h1-4H2. The van der Waals surface area contributed by atoms with E-state index in [1.807, 2.05) is 0 Å². The second-order valence-electron chi connectivity index (χ2n) is 1.21. The second kappa shape index (κ2) is 6.73. The van der Waals surface area contributed by atoms with Crippen molar-refractivity contribution in [1.82, 2.24) is 0 Å². The lowest BCUT2D eigenvalue weighted by molar-refractivity contribution is 0.384. The van der Waals surface area contributed by atoms with Gasteiger partial charge in [0.05, 0.1) is 22.9 Å². The molecule has 7 heavy (non-hydrogen) atoms. The Bertz CT molecular complexity index is 30.9. The van der Waals surface area contributed by atoms with E-state index in [9.17, 15) is 0 Å². The van der Waals surface area contributed by atoms with Gasteiger partial charge in [-0.25, -0.2) is 0 Å². The molecule has 0 atom stereocenters. The first-order valence-corrected chi connectivity index (χ1v) is 3.39. The maximum atomic E-state index is 5.37. The maximum absolute atomic E-state index is 5.37. The highest BCUT2D eigenvalue weighted by Crippen LogP contribution is 1.94. The first-order valence-electron chi connectivity index (χ1n) is 2.21. The van der Waals surface area contributed by atoms with Gasteiger partial charge in [-0.15, -0.1) is 11.6 Å². The summed E-state index contributed by atoms with van der Waals surface area (Å²) in [5, 5.41) is 0. The summed E-state index contributed by atoms with van der Waals surface area (Å²) < 4.78 is 4.60. The highest BCUT2D eigenvalue weighted by atomic mass is 79.9. The number of rotatable bonds is 4. The topological polar surface area (TPSA) is 9.23 Å². The molecule has 0 aliphatic rings. The van der Waals surface area contributed by atoms with Gasteiger partial charge in [0.1, 0.15) is 0 Å². The van der Waals surface area contributed by atoms with Crippen LogP contribution in [0.1, 0.15) is 12.8 Å². The van der Waals surface area contributed by atoms with E-state index in [1.165, 1.54) is 0 Å². The van der Waals surface area contributed by atoms with Crippen LogP contribution in [0.15, 0.2) is 0 Å². The molecule has 0 bridgehead atoms. The number of alkyl halides is 1. The van der Waals surface area contributed by atoms with Crippen molar-refractivity contribution in [3.63, 3.8) is 0 Å². The normalized spacial score (nSPS) is 9.43. The van der Waals surface area contributed by atoms with E-state index in [4.69, 9.17) is 11.6 Å². The molecule has 0 saturated heterocycles. The number of unbranched alkanes of at least 4 members (excludes halogenated alkanes) is 1. The van der Waals surface area contributed by atoms with Crippen LogP contribution in [-0.2, 0) is 3.83 Å². The summed E-state index contributed by atoms with van der Waals surface area (Å²) in [5.74, 6) is 0.733. The third-order valence-corrected chi connectivity index (χ3v) is 1.20. The molecule has 0 saturated carbocycles. The Kier molecular flexibility index (Phi) is 7.43. The summed E-state index contributed by atoms with van der Waals surface area (Å²) in [6, 6.07) is 0. The molecule has 0 aromatic rings. The van der Waals surface area contributed by atoms with E-state index in [0.29, 0.717) is 0 Å². The Hall–Kier alpha value is 0.730. The van der Waals surface area contributed by atoms with Crippen molar-refractivity contribution in [3.05, 3.63) is 0 Å². The van der Waals surface area contributed by atoms with Crippen LogP contribution < -0.4 is 0 Å². The lowest BCUT2D eigenvalue weighted by Gasteiger charge is -1.89. The second-order valence-corrected chi connectivity index (χ2v) is 2.05. The zero-order valence-corrected chi connectivity index (χ0v) is 6.33. The molecule has 0 aliphatic carbocycles. The molecule has 44 valence electrons. The van der Waals surface area contributed by atoms with Crippen LogP contribution >= 0.6 is 27.9 Å². The molecule has 0 heterocycles. The van der Waals surface area contributed by atoms with Crippen molar-refractivity contribution < 1.29 is 3.83 Å². The summed E-state index contributed by atoms with van der Waals surface area (Å²) in [4.78, 5) is 0. The highest BCUT2D eigenvalue weighted by molar-refractivity contribution is 9.06. The maximum Gasteiger partial charge on any atom is 0.0987 e. The zero-order chi connectivity index (χ0) is 5.54. The molecule has 0 spiro atoms. The summed E-state index contributed by atoms with van der Waals surface area (Å²) in [6.07, 6.45) is 2.07. The lowest BCUT2D eigenvalue weighted by atomic mass is 10.4. The highest BCUT2D eigenvalue weighted by Gasteiger charge is 1.82. The van der Waals surface area contributed by atoms with Crippen LogP contribution in [0.5, 0.6) is 0 Å². The van der Waals surface area contributed by atoms with Gasteiger partial charge in [-0.05, 0) is 12.8 Å². The van der Waals surface area contributed by atoms with Gasteiger partial charge >= 0.3 is 0 Å². The van der Waals surface area contributed by atoms with Gasteiger partial charge in [-0.3, -0.25) is 0 Å². The fraction of sp³-hybridized carbons (Fsp3) is 1.00. The summed E-state index contributed by atoms with van der Waals surface area (Å²) in [5.41, 5.74) is 0. The van der Waals surface area contributed by atoms with Gasteiger partial charge in [0, 0.05) is 5.88 Å². The first kappa shape index (κ1) is 7.73. The van der Waals surface area contributed by atoms with E-state index >= 15 is 0 Å². The van der Waals surface area contributed by atoms with E-state index in [-0.39, 0.29) is 0 Å². The number of hydrogen-bond donors (Lipinski definition) is 0. The fourth-order valence-electron chi connectivity index (χ4n) is 0.251. The van der Waals surface area contributed by atoms with Crippen molar-refractivity contribution in [1.29, 1.82) is 0 Å². The predicted octanol–water partition coefficient (Wildman–Crippen LogP) is 2.33. The zero-order valence-electron chi connectivity index (χ0n) is 3.99. The fourth-order valence-corrected chi connectivity index (χ4v) is 0.669. The first-order chi connectivity index (χ1) is 3.41. The Morgan fingerprint density at radius 2 is 2.14 bits per heavy atom. The predicted molar refractivity (Wildman–Crippen MR) is 34.8 cm³/mol. The van der Waals surface area contributed by atoms with Crippen molar-refractivity contribution in [2.75, 3.05) is 12.5 Å². The minimum Gasteiger partial charge on any atom is -0.308 e. The smallest absolute Gasteiger partial charge is 0.0987 e. The average Bonchev–Trinajstić information content (AvgIpc) is 1.69. The summed E-state index contributed by atoms with van der Waals surface area (Å²) in [6.45, 7) is 0.757. The van der Waals surface area contributed by atoms with E-state index in [2.05, 4.69) is 20.1 Å². The van der Waals surface area contributed by atoms with Crippen molar-refractivity contribution in [2.24, 2.45) is 0 Å². The van der Waals surface area contributed by atoms with Crippen LogP contribution in [0.25, 0.3) is 0 Å². The van der Waals surface area contributed by atoms with Crippen LogP contribution in [0.3, 0.4) is 0 Å². The van der Waals surface area contributed by atoms with Gasteiger partial charge < -0.3 is 3.83 Å². The molecule has 0 aromatic carbocycles. The van der Waals surface area contributed by atoms with Crippen LogP contribution in [0.2, 0.25) is 0 Å². The minimum atomic E-state index is 0.733. The third kappa shape index (κ3) is 6.73. The molecule has 0 radical (unpaired) electrons.